The summed E-state index contributed by atoms with van der Waals surface area (Å²) in [5.41, 5.74) is 6.76. The summed E-state index contributed by atoms with van der Waals surface area (Å²) in [6.45, 7) is 17.3. The van der Waals surface area contributed by atoms with Crippen LogP contribution in [0, 0.1) is 0 Å². The third-order valence-electron chi connectivity index (χ3n) is 10.5. The number of amides is 5. The van der Waals surface area contributed by atoms with Gasteiger partial charge in [0, 0.05) is 51.5 Å². The molecule has 5 amide bonds. The Morgan fingerprint density at radius 3 is 1.65 bits per heavy atom. The molecule has 1 aromatic carbocycles. The Kier molecular flexibility index (Phi) is 14.9. The van der Waals surface area contributed by atoms with Gasteiger partial charge < -0.3 is 46.9 Å². The van der Waals surface area contributed by atoms with E-state index in [1.54, 1.807) is 0 Å². The SMILES string of the molecule is CC(=O)N[C@@H]1C[C@H](NC(C)(C)C)CCC1N1CC[C@H](N)C1=O.CC(=O)N[C@@H]1C[C@H](NC(C)(C)C)CCC1N1CC[C@H](NC(=O)OCc2ccccc2)C1=O.[HH]. The second-order valence-corrected chi connectivity index (χ2v) is 17.6. The largest absolute Gasteiger partial charge is 0.445 e. The summed E-state index contributed by atoms with van der Waals surface area (Å²) in [5, 5.41) is 16.0. The second kappa shape index (κ2) is 18.7. The molecule has 14 heteroatoms. The van der Waals surface area contributed by atoms with Crippen LogP contribution in [0.25, 0.3) is 0 Å². The smallest absolute Gasteiger partial charge is 0.408 e. The van der Waals surface area contributed by atoms with E-state index in [4.69, 9.17) is 10.5 Å². The highest BCUT2D eigenvalue weighted by molar-refractivity contribution is 5.88. The Morgan fingerprint density at radius 1 is 0.722 bits per heavy atom. The number of ether oxygens (including phenoxy) is 1. The molecule has 0 spiro atoms. The van der Waals surface area contributed by atoms with Crippen LogP contribution in [0.4, 0.5) is 4.79 Å². The summed E-state index contributed by atoms with van der Waals surface area (Å²) in [7, 11) is 0. The van der Waals surface area contributed by atoms with Gasteiger partial charge in [-0.3, -0.25) is 19.2 Å². The molecule has 2 saturated carbocycles. The molecule has 2 saturated heterocycles. The highest BCUT2D eigenvalue weighted by Crippen LogP contribution is 2.30. The highest BCUT2D eigenvalue weighted by Gasteiger charge is 2.44. The van der Waals surface area contributed by atoms with E-state index in [9.17, 15) is 24.0 Å². The summed E-state index contributed by atoms with van der Waals surface area (Å²) < 4.78 is 5.27. The third kappa shape index (κ3) is 12.9. The van der Waals surface area contributed by atoms with Crippen molar-refractivity contribution in [2.75, 3.05) is 13.1 Å². The molecule has 1 aromatic rings. The van der Waals surface area contributed by atoms with Gasteiger partial charge in [0.25, 0.3) is 0 Å². The zero-order chi connectivity index (χ0) is 39.8. The molecule has 8 atom stereocenters. The van der Waals surface area contributed by atoms with Gasteiger partial charge in [-0.05, 0) is 98.5 Å². The van der Waals surface area contributed by atoms with Gasteiger partial charge in [0.15, 0.2) is 0 Å². The first-order valence-electron chi connectivity index (χ1n) is 19.7. The molecule has 14 nitrogen and oxygen atoms in total. The highest BCUT2D eigenvalue weighted by atomic mass is 16.5. The van der Waals surface area contributed by atoms with Gasteiger partial charge in [0.2, 0.25) is 23.6 Å². The van der Waals surface area contributed by atoms with Gasteiger partial charge in [-0.1, -0.05) is 30.3 Å². The number of carbonyl (C=O) groups excluding carboxylic acids is 5. The van der Waals surface area contributed by atoms with Crippen LogP contribution in [-0.2, 0) is 30.5 Å². The van der Waals surface area contributed by atoms with Crippen molar-refractivity contribution in [1.29, 1.82) is 0 Å². The van der Waals surface area contributed by atoms with Gasteiger partial charge in [0.1, 0.15) is 12.6 Å². The van der Waals surface area contributed by atoms with E-state index in [0.717, 1.165) is 44.1 Å². The Bertz CT molecular complexity index is 1450. The van der Waals surface area contributed by atoms with Crippen LogP contribution in [0.3, 0.4) is 0 Å². The first-order chi connectivity index (χ1) is 25.3. The van der Waals surface area contributed by atoms with Crippen LogP contribution in [0.5, 0.6) is 0 Å². The second-order valence-electron chi connectivity index (χ2n) is 17.6. The molecule has 5 rings (SSSR count). The zero-order valence-corrected chi connectivity index (χ0v) is 33.7. The van der Waals surface area contributed by atoms with Gasteiger partial charge in [0.05, 0.1) is 30.2 Å². The summed E-state index contributed by atoms with van der Waals surface area (Å²) in [4.78, 5) is 64.6. The van der Waals surface area contributed by atoms with E-state index in [1.165, 1.54) is 13.8 Å². The lowest BCUT2D eigenvalue weighted by Gasteiger charge is -2.43. The van der Waals surface area contributed by atoms with Crippen molar-refractivity contribution in [2.45, 2.75) is 173 Å². The Morgan fingerprint density at radius 2 is 1.20 bits per heavy atom. The molecule has 2 unspecified atom stereocenters. The maximum absolute atomic E-state index is 13.1. The van der Waals surface area contributed by atoms with E-state index in [1.807, 2.05) is 40.1 Å². The molecule has 2 heterocycles. The minimum absolute atomic E-state index is 0. The van der Waals surface area contributed by atoms with Crippen LogP contribution in [0.1, 0.15) is 114 Å². The van der Waals surface area contributed by atoms with Crippen molar-refractivity contribution >= 4 is 29.7 Å². The van der Waals surface area contributed by atoms with E-state index >= 15 is 0 Å². The fourth-order valence-corrected chi connectivity index (χ4v) is 8.50. The number of nitrogens with zero attached hydrogens (tertiary/aromatic N) is 2. The number of rotatable bonds is 9. The monoisotopic (exact) mass is 757 g/mol. The predicted octanol–water partition coefficient (Wildman–Crippen LogP) is 2.93. The molecule has 0 bridgehead atoms. The lowest BCUT2D eigenvalue weighted by atomic mass is 9.84. The minimum Gasteiger partial charge on any atom is -0.445 e. The van der Waals surface area contributed by atoms with Crippen LogP contribution in [0.15, 0.2) is 30.3 Å². The molecule has 304 valence electrons. The molecule has 2 aliphatic heterocycles. The van der Waals surface area contributed by atoms with Crippen molar-refractivity contribution in [1.82, 2.24) is 36.4 Å². The van der Waals surface area contributed by atoms with Crippen LogP contribution in [-0.4, -0.2) is 112 Å². The van der Waals surface area contributed by atoms with Gasteiger partial charge in [-0.2, -0.15) is 0 Å². The van der Waals surface area contributed by atoms with Crippen molar-refractivity contribution in [3.8, 4) is 0 Å². The van der Waals surface area contributed by atoms with Crippen molar-refractivity contribution in [2.24, 2.45) is 5.73 Å². The molecule has 54 heavy (non-hydrogen) atoms. The predicted molar refractivity (Wildman–Crippen MR) is 210 cm³/mol. The van der Waals surface area contributed by atoms with Gasteiger partial charge >= 0.3 is 6.09 Å². The number of alkyl carbamates (subject to hydrolysis) is 1. The standard InChI is InChI=1S/C24H36N4O4.C16H30N4O2.H2/c1-16(29)25-20-14-18(27-24(2,3)4)10-11-21(20)28-13-12-19(22(28)30)26-23(31)32-15-17-8-6-5-7-9-17;1-10(21)18-13-9-11(19-16(2,3)4)5-6-14(13)20-8-7-12(17)15(20)22;/h5-9,18-21,27H,10-15H2,1-4H3,(H,25,29)(H,26,31);11-14,19H,5-9,17H2,1-4H3,(H,18,21);1H/t18-,19+,20-,21?;11-,12+,13-,14?;/m11./s1. The summed E-state index contributed by atoms with van der Waals surface area (Å²) in [6.07, 6.45) is 5.91. The van der Waals surface area contributed by atoms with Crippen LogP contribution < -0.4 is 32.3 Å². The molecule has 0 aromatic heterocycles. The number of hydrogen-bond acceptors (Lipinski definition) is 9. The summed E-state index contributed by atoms with van der Waals surface area (Å²) in [5.74, 6) is -0.212. The van der Waals surface area contributed by atoms with Crippen molar-refractivity contribution in [3.05, 3.63) is 35.9 Å². The fourth-order valence-electron chi connectivity index (χ4n) is 8.50. The number of nitrogens with one attached hydrogen (secondary N) is 5. The number of hydrogen-bond donors (Lipinski definition) is 6. The normalized spacial score (nSPS) is 28.9. The minimum atomic E-state index is -0.596. The molecule has 4 aliphatic rings. The molecule has 2 aliphatic carbocycles. The van der Waals surface area contributed by atoms with Crippen LogP contribution in [0.2, 0.25) is 0 Å². The van der Waals surface area contributed by atoms with E-state index in [2.05, 4.69) is 68.1 Å². The molecular formula is C40H68N8O6. The quantitative estimate of drug-likeness (QED) is 0.220. The molecule has 7 N–H and O–H groups in total. The molecule has 4 fully saturated rings. The summed E-state index contributed by atoms with van der Waals surface area (Å²) in [6, 6.07) is 8.97. The Labute approximate surface area is 323 Å². The number of carbonyl (C=O) groups is 5. The van der Waals surface area contributed by atoms with Crippen molar-refractivity contribution in [3.63, 3.8) is 0 Å². The average molecular weight is 757 g/mol. The maximum Gasteiger partial charge on any atom is 0.408 e. The maximum atomic E-state index is 13.1. The van der Waals surface area contributed by atoms with Gasteiger partial charge in [-0.15, -0.1) is 0 Å². The molecular weight excluding hydrogens is 688 g/mol. The number of likely N-dealkylation sites (tertiary alicyclic amines) is 2. The van der Waals surface area contributed by atoms with E-state index in [0.29, 0.717) is 32.0 Å². The first-order valence-corrected chi connectivity index (χ1v) is 19.7. The topological polar surface area (TPSA) is 187 Å². The van der Waals surface area contributed by atoms with Gasteiger partial charge in [-0.25, -0.2) is 4.79 Å². The zero-order valence-electron chi connectivity index (χ0n) is 33.7. The fraction of sp³-hybridized carbons (Fsp3) is 0.725. The first kappa shape index (κ1) is 43.0. The van der Waals surface area contributed by atoms with E-state index in [-0.39, 0.29) is 79.0 Å². The Balaban J connectivity index is 0.000000310. The lowest BCUT2D eigenvalue weighted by molar-refractivity contribution is -0.133. The number of benzene rings is 1. The summed E-state index contributed by atoms with van der Waals surface area (Å²) >= 11 is 0. The Hall–Kier alpha value is -3.75. The van der Waals surface area contributed by atoms with Crippen molar-refractivity contribution < 1.29 is 30.1 Å². The molecule has 0 radical (unpaired) electrons. The third-order valence-corrected chi connectivity index (χ3v) is 10.5. The lowest BCUT2D eigenvalue weighted by Crippen LogP contribution is -2.59. The van der Waals surface area contributed by atoms with E-state index < -0.39 is 12.1 Å². The van der Waals surface area contributed by atoms with Crippen LogP contribution >= 0.6 is 0 Å². The average Bonchev–Trinajstić information content (AvgIpc) is 3.59. The number of nitrogens with two attached hydrogens (primary N) is 1.